The van der Waals surface area contributed by atoms with Crippen LogP contribution in [0.3, 0.4) is 0 Å². The van der Waals surface area contributed by atoms with Crippen molar-refractivity contribution in [3.05, 3.63) is 163 Å². The second-order valence-electron chi connectivity index (χ2n) is 21.2. The van der Waals surface area contributed by atoms with Gasteiger partial charge in [-0.2, -0.15) is 0 Å². The zero-order valence-corrected chi connectivity index (χ0v) is 48.8. The molecule has 0 amide bonds. The molecule has 0 aliphatic carbocycles. The number of aliphatic hydroxyl groups excluding tert-OH is 4. The Morgan fingerprint density at radius 3 is 1.24 bits per heavy atom. The van der Waals surface area contributed by atoms with E-state index in [0.717, 1.165) is 61.4 Å². The molecule has 8 aromatic carbocycles. The molecule has 0 fully saturated rings. The largest absolute Gasteiger partial charge is 0.507 e. The summed E-state index contributed by atoms with van der Waals surface area (Å²) >= 11 is 0. The van der Waals surface area contributed by atoms with Crippen LogP contribution in [0.15, 0.2) is 152 Å². The number of benzene rings is 8. The zero-order chi connectivity index (χ0) is 58.0. The van der Waals surface area contributed by atoms with Crippen LogP contribution < -0.4 is 40.2 Å². The Balaban J connectivity index is 0.000000196. The Bertz CT molecular complexity index is 2950. The van der Waals surface area contributed by atoms with E-state index in [-0.39, 0.29) is 12.4 Å². The molecule has 0 aliphatic rings. The molecule has 5 atom stereocenters. The first kappa shape index (κ1) is 64.3. The number of aliphatic hydroxyl groups is 4. The van der Waals surface area contributed by atoms with E-state index in [1.165, 1.54) is 16.5 Å². The molecule has 432 valence electrons. The summed E-state index contributed by atoms with van der Waals surface area (Å²) < 4.78 is 23.0. The van der Waals surface area contributed by atoms with Crippen LogP contribution in [0.4, 0.5) is 0 Å². The van der Waals surface area contributed by atoms with Crippen LogP contribution in [-0.4, -0.2) is 127 Å². The summed E-state index contributed by atoms with van der Waals surface area (Å²) in [5, 5.41) is 70.6. The highest BCUT2D eigenvalue weighted by molar-refractivity contribution is 5.93. The minimum absolute atomic E-state index is 0.217. The summed E-state index contributed by atoms with van der Waals surface area (Å²) in [6, 6.07) is 50.8. The van der Waals surface area contributed by atoms with Crippen molar-refractivity contribution in [3.8, 4) is 28.7 Å². The van der Waals surface area contributed by atoms with E-state index < -0.39 is 24.4 Å². The van der Waals surface area contributed by atoms with Gasteiger partial charge in [-0.3, -0.25) is 0 Å². The van der Waals surface area contributed by atoms with Gasteiger partial charge in [0.1, 0.15) is 79.6 Å². The van der Waals surface area contributed by atoms with Crippen LogP contribution in [0.5, 0.6) is 28.7 Å². The molecule has 0 aliphatic heterocycles. The fourth-order valence-electron chi connectivity index (χ4n) is 8.46. The highest BCUT2D eigenvalue weighted by atomic mass is 16.5. The molecule has 0 saturated heterocycles. The lowest BCUT2D eigenvalue weighted by atomic mass is 10.0. The van der Waals surface area contributed by atoms with Gasteiger partial charge in [0, 0.05) is 77.3 Å². The fraction of sp³-hybridized carbons (Fsp3) is 0.403. The molecule has 0 spiro atoms. The molecule has 9 N–H and O–H groups in total. The molecular formula is C67H90N4O9. The van der Waals surface area contributed by atoms with Gasteiger partial charge in [-0.1, -0.05) is 170 Å². The van der Waals surface area contributed by atoms with Crippen molar-refractivity contribution in [3.63, 3.8) is 0 Å². The van der Waals surface area contributed by atoms with Crippen LogP contribution in [0.2, 0.25) is 0 Å². The van der Waals surface area contributed by atoms with Crippen molar-refractivity contribution >= 4 is 43.1 Å². The number of hydrogen-bond acceptors (Lipinski definition) is 13. The number of nitrogens with one attached hydrogen (secondary N) is 4. The first-order valence-corrected chi connectivity index (χ1v) is 28.3. The third-order valence-electron chi connectivity index (χ3n) is 13.1. The number of aromatic hydroxyl groups is 1. The van der Waals surface area contributed by atoms with Crippen molar-refractivity contribution in [2.45, 2.75) is 124 Å². The number of rotatable bonds is 25. The Morgan fingerprint density at radius 2 is 0.713 bits per heavy atom. The van der Waals surface area contributed by atoms with Crippen LogP contribution >= 0.6 is 0 Å². The monoisotopic (exact) mass is 1090 g/mol. The molecule has 0 bridgehead atoms. The van der Waals surface area contributed by atoms with Crippen molar-refractivity contribution in [1.82, 2.24) is 21.3 Å². The highest BCUT2D eigenvalue weighted by Gasteiger charge is 2.13. The number of phenols is 1. The molecule has 13 nitrogen and oxygen atoms in total. The van der Waals surface area contributed by atoms with Crippen molar-refractivity contribution in [2.24, 2.45) is 0 Å². The maximum atomic E-state index is 9.94. The maximum Gasteiger partial charge on any atom is 0.127 e. The lowest BCUT2D eigenvalue weighted by Gasteiger charge is -2.17. The summed E-state index contributed by atoms with van der Waals surface area (Å²) in [7, 11) is 0. The Kier molecular flexibility index (Phi) is 27.3. The van der Waals surface area contributed by atoms with E-state index in [9.17, 15) is 25.5 Å². The van der Waals surface area contributed by atoms with Gasteiger partial charge in [-0.15, -0.1) is 0 Å². The number of phenolic OH excluding ortho intramolecular Hbond substituents is 1. The quantitative estimate of drug-likeness (QED) is 0.0264. The lowest BCUT2D eigenvalue weighted by molar-refractivity contribution is 0.105. The van der Waals surface area contributed by atoms with E-state index in [1.807, 2.05) is 105 Å². The Hall–Kier alpha value is -6.52. The van der Waals surface area contributed by atoms with Gasteiger partial charge in [0.25, 0.3) is 0 Å². The third-order valence-corrected chi connectivity index (χ3v) is 13.1. The summed E-state index contributed by atoms with van der Waals surface area (Å²) in [6.45, 7) is 23.9. The minimum atomic E-state index is -0.565. The van der Waals surface area contributed by atoms with Gasteiger partial charge in [0.2, 0.25) is 0 Å². The standard InChI is InChI=1S/3C17H23NO2.C16H21NO3/c1-12(2)18-10-14(19)11-20-17-9-5-7-15-13(3)6-4-8-16(15)17;1-12(2)18-10-15(19)11-20-16-9-5-8-14-7-4-6-13(3)17(14)16;1-3-13(2)18-11-15(19)12-20-17-10-6-8-14-7-4-5-9-16(14)17;1-11(2)17-9-12(18)10-20-16-8-4-5-13-14(16)6-3-7-15(13)19/h4-9,12,14,18-19H,10-11H2,1-3H3;4-9,12,15,18-19H,10-11H2,1-3H3;4-10,13,15,18-19H,3,11-12H2,1-2H3;3-8,11-12,17-19H,9-10H2,1-2H3. The smallest absolute Gasteiger partial charge is 0.127 e. The predicted octanol–water partition coefficient (Wildman–Crippen LogP) is 11.0. The molecule has 0 radical (unpaired) electrons. The molecule has 8 aromatic rings. The van der Waals surface area contributed by atoms with Gasteiger partial charge in [-0.25, -0.2) is 0 Å². The second kappa shape index (κ2) is 33.9. The zero-order valence-electron chi connectivity index (χ0n) is 48.8. The lowest BCUT2D eigenvalue weighted by Crippen LogP contribution is -2.36. The van der Waals surface area contributed by atoms with Gasteiger partial charge in [0.15, 0.2) is 0 Å². The topological polar surface area (TPSA) is 186 Å². The van der Waals surface area contributed by atoms with Crippen molar-refractivity contribution < 1.29 is 44.5 Å². The Morgan fingerprint density at radius 1 is 0.362 bits per heavy atom. The third kappa shape index (κ3) is 21.5. The molecular weight excluding hydrogens is 1000 g/mol. The second-order valence-corrected chi connectivity index (χ2v) is 21.2. The average molecular weight is 1100 g/mol. The molecule has 0 aromatic heterocycles. The van der Waals surface area contributed by atoms with E-state index in [1.54, 1.807) is 12.1 Å². The maximum absolute atomic E-state index is 9.94. The van der Waals surface area contributed by atoms with Crippen LogP contribution in [0.25, 0.3) is 43.1 Å². The summed E-state index contributed by atoms with van der Waals surface area (Å²) in [4.78, 5) is 0. The first-order chi connectivity index (χ1) is 38.4. The van der Waals surface area contributed by atoms with E-state index in [4.69, 9.17) is 18.9 Å². The number of ether oxygens (including phenoxy) is 4. The van der Waals surface area contributed by atoms with Gasteiger partial charge in [0.05, 0.1) is 0 Å². The average Bonchev–Trinajstić information content (AvgIpc) is 3.47. The highest BCUT2D eigenvalue weighted by Crippen LogP contribution is 2.32. The van der Waals surface area contributed by atoms with Gasteiger partial charge in [-0.05, 0) is 84.8 Å². The SMILES string of the molecule is CC(C)NCC(O)COc1cccc2c(O)cccc12.CCC(C)NCC(O)COc1cccc2ccccc12.Cc1cccc2c(OCC(O)CNC(C)C)cccc12.Cc1cccc2cccc(OCC(O)CNC(C)C)c12. The van der Waals surface area contributed by atoms with Gasteiger partial charge < -0.3 is 65.7 Å². The molecule has 13 heteroatoms. The Labute approximate surface area is 475 Å². The van der Waals surface area contributed by atoms with Crippen molar-refractivity contribution in [1.29, 1.82) is 0 Å². The molecule has 0 saturated carbocycles. The first-order valence-electron chi connectivity index (χ1n) is 28.3. The predicted molar refractivity (Wildman–Crippen MR) is 330 cm³/mol. The molecule has 0 heterocycles. The summed E-state index contributed by atoms with van der Waals surface area (Å²) in [6.07, 6.45) is -1.02. The van der Waals surface area contributed by atoms with Gasteiger partial charge >= 0.3 is 0 Å². The van der Waals surface area contributed by atoms with Crippen LogP contribution in [-0.2, 0) is 0 Å². The number of fused-ring (bicyclic) bond motifs is 4. The summed E-state index contributed by atoms with van der Waals surface area (Å²) in [5.41, 5.74) is 2.42. The molecule has 8 rings (SSSR count). The molecule has 80 heavy (non-hydrogen) atoms. The fourth-order valence-corrected chi connectivity index (χ4v) is 8.46. The van der Waals surface area contributed by atoms with Crippen molar-refractivity contribution in [2.75, 3.05) is 52.6 Å². The van der Waals surface area contributed by atoms with E-state index >= 15 is 0 Å². The van der Waals surface area contributed by atoms with E-state index in [0.29, 0.717) is 75.9 Å². The van der Waals surface area contributed by atoms with E-state index in [2.05, 4.69) is 125 Å². The number of hydrogen-bond donors (Lipinski definition) is 9. The minimum Gasteiger partial charge on any atom is -0.507 e. The van der Waals surface area contributed by atoms with Crippen LogP contribution in [0, 0.1) is 13.8 Å². The normalized spacial score (nSPS) is 13.2. The summed E-state index contributed by atoms with van der Waals surface area (Å²) in [5.74, 6) is 3.39. The molecule has 5 unspecified atom stereocenters. The number of aryl methyl sites for hydroxylation is 2. The van der Waals surface area contributed by atoms with Crippen LogP contribution in [0.1, 0.15) is 72.9 Å².